The highest BCUT2D eigenvalue weighted by atomic mass is 16.5. The lowest BCUT2D eigenvalue weighted by atomic mass is 10.0. The summed E-state index contributed by atoms with van der Waals surface area (Å²) in [6.45, 7) is 7.54. The van der Waals surface area contributed by atoms with Gasteiger partial charge in [0.25, 0.3) is 0 Å². The van der Waals surface area contributed by atoms with E-state index in [0.717, 1.165) is 35.3 Å². The van der Waals surface area contributed by atoms with Gasteiger partial charge in [-0.1, -0.05) is 42.0 Å². The van der Waals surface area contributed by atoms with E-state index < -0.39 is 6.04 Å². The van der Waals surface area contributed by atoms with Gasteiger partial charge in [-0.2, -0.15) is 0 Å². The lowest BCUT2D eigenvalue weighted by molar-refractivity contribution is -0.134. The fourth-order valence-corrected chi connectivity index (χ4v) is 3.32. The number of nitrogens with zero attached hydrogens (tertiary/aromatic N) is 1. The maximum absolute atomic E-state index is 12.7. The molecule has 138 valence electrons. The standard InChI is InChI=1S/C22H28N2O2/c1-15-5-8-18(9-6-15)21(23)22(25)24-12-10-19(11-13-24)26-20-14-16(2)4-7-17(20)3/h4-9,14,19,21H,10-13,23H2,1-3H3. The van der Waals surface area contributed by atoms with Gasteiger partial charge in [-0.15, -0.1) is 0 Å². The summed E-state index contributed by atoms with van der Waals surface area (Å²) in [4.78, 5) is 14.6. The number of ether oxygens (including phenoxy) is 1. The van der Waals surface area contributed by atoms with E-state index >= 15 is 0 Å². The number of carbonyl (C=O) groups excluding carboxylic acids is 1. The van der Waals surface area contributed by atoms with Crippen molar-refractivity contribution in [1.82, 2.24) is 4.90 Å². The van der Waals surface area contributed by atoms with Crippen molar-refractivity contribution in [3.63, 3.8) is 0 Å². The number of hydrogen-bond donors (Lipinski definition) is 1. The molecule has 1 aliphatic rings. The van der Waals surface area contributed by atoms with Gasteiger partial charge in [-0.3, -0.25) is 4.79 Å². The molecule has 1 atom stereocenters. The summed E-state index contributed by atoms with van der Waals surface area (Å²) < 4.78 is 6.18. The van der Waals surface area contributed by atoms with Crippen LogP contribution in [0.25, 0.3) is 0 Å². The van der Waals surface area contributed by atoms with Gasteiger partial charge in [-0.05, 0) is 43.5 Å². The maximum atomic E-state index is 12.7. The number of amides is 1. The Morgan fingerprint density at radius 2 is 1.65 bits per heavy atom. The summed E-state index contributed by atoms with van der Waals surface area (Å²) in [5.74, 6) is 0.949. The Hall–Kier alpha value is -2.33. The predicted octanol–water partition coefficient (Wildman–Crippen LogP) is 3.68. The smallest absolute Gasteiger partial charge is 0.244 e. The van der Waals surface area contributed by atoms with Gasteiger partial charge in [-0.25, -0.2) is 0 Å². The summed E-state index contributed by atoms with van der Waals surface area (Å²) in [5, 5.41) is 0. The third kappa shape index (κ3) is 4.25. The van der Waals surface area contributed by atoms with Crippen LogP contribution < -0.4 is 10.5 Å². The minimum atomic E-state index is -0.591. The fourth-order valence-electron chi connectivity index (χ4n) is 3.32. The Morgan fingerprint density at radius 3 is 2.31 bits per heavy atom. The largest absolute Gasteiger partial charge is 0.490 e. The van der Waals surface area contributed by atoms with Crippen LogP contribution in [0.3, 0.4) is 0 Å². The van der Waals surface area contributed by atoms with E-state index in [1.165, 1.54) is 5.56 Å². The highest BCUT2D eigenvalue weighted by Gasteiger charge is 2.28. The minimum Gasteiger partial charge on any atom is -0.490 e. The summed E-state index contributed by atoms with van der Waals surface area (Å²) >= 11 is 0. The van der Waals surface area contributed by atoms with E-state index in [4.69, 9.17) is 10.5 Å². The Labute approximate surface area is 156 Å². The van der Waals surface area contributed by atoms with Crippen LogP contribution in [0.5, 0.6) is 5.75 Å². The zero-order valence-electron chi connectivity index (χ0n) is 15.9. The second kappa shape index (κ2) is 7.92. The summed E-state index contributed by atoms with van der Waals surface area (Å²) in [7, 11) is 0. The average molecular weight is 352 g/mol. The molecule has 0 radical (unpaired) electrons. The molecule has 2 N–H and O–H groups in total. The van der Waals surface area contributed by atoms with Crippen LogP contribution in [0, 0.1) is 20.8 Å². The monoisotopic (exact) mass is 352 g/mol. The van der Waals surface area contributed by atoms with E-state index in [2.05, 4.69) is 32.0 Å². The number of rotatable bonds is 4. The molecule has 4 nitrogen and oxygen atoms in total. The molecule has 0 aromatic heterocycles. The first-order valence-corrected chi connectivity index (χ1v) is 9.29. The number of carbonyl (C=O) groups is 1. The molecular weight excluding hydrogens is 324 g/mol. The summed E-state index contributed by atoms with van der Waals surface area (Å²) in [6.07, 6.45) is 1.81. The first-order chi connectivity index (χ1) is 12.4. The van der Waals surface area contributed by atoms with Crippen molar-refractivity contribution >= 4 is 5.91 Å². The van der Waals surface area contributed by atoms with Crippen molar-refractivity contribution in [2.45, 2.75) is 45.8 Å². The number of nitrogens with two attached hydrogens (primary N) is 1. The van der Waals surface area contributed by atoms with E-state index in [0.29, 0.717) is 13.1 Å². The molecule has 1 fully saturated rings. The Balaban J connectivity index is 1.56. The molecule has 1 saturated heterocycles. The molecule has 2 aromatic rings. The Kier molecular flexibility index (Phi) is 5.62. The van der Waals surface area contributed by atoms with Gasteiger partial charge in [0.15, 0.2) is 0 Å². The van der Waals surface area contributed by atoms with Gasteiger partial charge in [0.1, 0.15) is 17.9 Å². The zero-order chi connectivity index (χ0) is 18.7. The Bertz CT molecular complexity index is 762. The highest BCUT2D eigenvalue weighted by Crippen LogP contribution is 2.25. The number of likely N-dealkylation sites (tertiary alicyclic amines) is 1. The molecule has 0 spiro atoms. The van der Waals surface area contributed by atoms with Crippen molar-refractivity contribution in [2.75, 3.05) is 13.1 Å². The molecule has 3 rings (SSSR count). The molecule has 0 aliphatic carbocycles. The first-order valence-electron chi connectivity index (χ1n) is 9.29. The molecule has 1 aliphatic heterocycles. The topological polar surface area (TPSA) is 55.6 Å². The molecule has 4 heteroatoms. The first kappa shape index (κ1) is 18.5. The number of benzene rings is 2. The maximum Gasteiger partial charge on any atom is 0.244 e. The Morgan fingerprint density at radius 1 is 1.04 bits per heavy atom. The van der Waals surface area contributed by atoms with Crippen LogP contribution in [0.2, 0.25) is 0 Å². The predicted molar refractivity (Wildman–Crippen MR) is 104 cm³/mol. The lowest BCUT2D eigenvalue weighted by Gasteiger charge is -2.34. The highest BCUT2D eigenvalue weighted by molar-refractivity contribution is 5.83. The molecule has 1 amide bonds. The number of piperidine rings is 1. The van der Waals surface area contributed by atoms with Crippen molar-refractivity contribution in [3.05, 3.63) is 64.7 Å². The van der Waals surface area contributed by atoms with E-state index in [9.17, 15) is 4.79 Å². The van der Waals surface area contributed by atoms with Crippen molar-refractivity contribution in [3.8, 4) is 5.75 Å². The molecule has 2 aromatic carbocycles. The number of aryl methyl sites for hydroxylation is 3. The molecule has 0 saturated carbocycles. The molecular formula is C22H28N2O2. The second-order valence-corrected chi connectivity index (χ2v) is 7.30. The van der Waals surface area contributed by atoms with E-state index in [1.54, 1.807) is 0 Å². The lowest BCUT2D eigenvalue weighted by Crippen LogP contribution is -2.45. The third-order valence-electron chi connectivity index (χ3n) is 5.09. The van der Waals surface area contributed by atoms with E-state index in [1.807, 2.05) is 36.1 Å². The average Bonchev–Trinajstić information content (AvgIpc) is 2.65. The van der Waals surface area contributed by atoms with Gasteiger partial charge >= 0.3 is 0 Å². The number of hydrogen-bond acceptors (Lipinski definition) is 3. The molecule has 1 heterocycles. The third-order valence-corrected chi connectivity index (χ3v) is 5.09. The van der Waals surface area contributed by atoms with Gasteiger partial charge < -0.3 is 15.4 Å². The SMILES string of the molecule is Cc1ccc(C(N)C(=O)N2CCC(Oc3cc(C)ccc3C)CC2)cc1. The molecule has 0 bridgehead atoms. The van der Waals surface area contributed by atoms with E-state index in [-0.39, 0.29) is 12.0 Å². The van der Waals surface area contributed by atoms with Crippen molar-refractivity contribution < 1.29 is 9.53 Å². The van der Waals surface area contributed by atoms with Crippen LogP contribution >= 0.6 is 0 Å². The quantitative estimate of drug-likeness (QED) is 0.913. The summed E-state index contributed by atoms with van der Waals surface area (Å²) in [5.41, 5.74) is 10.6. The van der Waals surface area contributed by atoms with Crippen LogP contribution in [0.15, 0.2) is 42.5 Å². The second-order valence-electron chi connectivity index (χ2n) is 7.30. The summed E-state index contributed by atoms with van der Waals surface area (Å²) in [6, 6.07) is 13.5. The van der Waals surface area contributed by atoms with Gasteiger partial charge in [0.2, 0.25) is 5.91 Å². The van der Waals surface area contributed by atoms with Gasteiger partial charge in [0, 0.05) is 25.9 Å². The zero-order valence-corrected chi connectivity index (χ0v) is 15.9. The molecule has 26 heavy (non-hydrogen) atoms. The van der Waals surface area contributed by atoms with Gasteiger partial charge in [0.05, 0.1) is 0 Å². The van der Waals surface area contributed by atoms with Crippen molar-refractivity contribution in [1.29, 1.82) is 0 Å². The normalized spacial score (nSPS) is 16.4. The van der Waals surface area contributed by atoms with Crippen molar-refractivity contribution in [2.24, 2.45) is 5.73 Å². The fraction of sp³-hybridized carbons (Fsp3) is 0.409. The molecule has 1 unspecified atom stereocenters. The van der Waals surface area contributed by atoms with Crippen LogP contribution in [-0.4, -0.2) is 30.0 Å². The minimum absolute atomic E-state index is 0.000890. The van der Waals surface area contributed by atoms with Crippen LogP contribution in [-0.2, 0) is 4.79 Å². The van der Waals surface area contributed by atoms with Crippen LogP contribution in [0.4, 0.5) is 0 Å². The van der Waals surface area contributed by atoms with Crippen LogP contribution in [0.1, 0.15) is 41.1 Å².